The van der Waals surface area contributed by atoms with Gasteiger partial charge in [0.15, 0.2) is 0 Å². The molecule has 3 nitrogen and oxygen atoms in total. The molecule has 0 saturated heterocycles. The number of unbranched alkanes of at least 4 members (excludes halogenated alkanes) is 1. The van der Waals surface area contributed by atoms with Gasteiger partial charge in [0.25, 0.3) is 5.91 Å². The van der Waals surface area contributed by atoms with Crippen LogP contribution in [0.4, 0.5) is 0 Å². The average Bonchev–Trinajstić information content (AvgIpc) is 2.96. The van der Waals surface area contributed by atoms with Gasteiger partial charge in [-0.2, -0.15) is 0 Å². The van der Waals surface area contributed by atoms with Gasteiger partial charge in [0, 0.05) is 11.4 Å². The predicted molar refractivity (Wildman–Crippen MR) is 87.8 cm³/mol. The Bertz CT molecular complexity index is 648. The number of hydrogen-bond acceptors (Lipinski definition) is 3. The number of rotatable bonds is 5. The van der Waals surface area contributed by atoms with Crippen LogP contribution in [-0.2, 0) is 12.8 Å². The molecule has 1 amide bonds. The van der Waals surface area contributed by atoms with E-state index in [0.29, 0.717) is 13.1 Å². The van der Waals surface area contributed by atoms with Crippen molar-refractivity contribution in [3.63, 3.8) is 0 Å². The summed E-state index contributed by atoms with van der Waals surface area (Å²) in [6.45, 7) is 1.38. The molecule has 0 unspecified atom stereocenters. The Hall–Kier alpha value is -1.65. The normalized spacial score (nSPS) is 12.6. The van der Waals surface area contributed by atoms with Gasteiger partial charge in [0.2, 0.25) is 0 Å². The van der Waals surface area contributed by atoms with E-state index in [0.717, 1.165) is 30.6 Å². The fourth-order valence-corrected chi connectivity index (χ4v) is 3.93. The molecule has 3 N–H and O–H groups in total. The van der Waals surface area contributed by atoms with Crippen molar-refractivity contribution in [2.75, 3.05) is 13.1 Å². The molecule has 0 atom stereocenters. The van der Waals surface area contributed by atoms with Crippen molar-refractivity contribution < 1.29 is 4.79 Å². The Labute approximate surface area is 129 Å². The number of thiophene rings is 1. The average molecular weight is 300 g/mol. The van der Waals surface area contributed by atoms with E-state index in [2.05, 4.69) is 35.6 Å². The van der Waals surface area contributed by atoms with Crippen LogP contribution >= 0.6 is 11.3 Å². The van der Waals surface area contributed by atoms with Gasteiger partial charge < -0.3 is 11.1 Å². The quantitative estimate of drug-likeness (QED) is 0.834. The fraction of sp³-hybridized carbons (Fsp3) is 0.353. The number of amides is 1. The van der Waals surface area contributed by atoms with Crippen LogP contribution in [0.3, 0.4) is 0 Å². The second-order valence-electron chi connectivity index (χ2n) is 5.37. The molecule has 1 heterocycles. The van der Waals surface area contributed by atoms with Crippen molar-refractivity contribution in [2.45, 2.75) is 25.7 Å². The van der Waals surface area contributed by atoms with Crippen LogP contribution in [-0.4, -0.2) is 19.0 Å². The Morgan fingerprint density at radius 2 is 2.00 bits per heavy atom. The molecule has 0 saturated carbocycles. The summed E-state index contributed by atoms with van der Waals surface area (Å²) in [4.78, 5) is 14.3. The highest BCUT2D eigenvalue weighted by Crippen LogP contribution is 2.39. The van der Waals surface area contributed by atoms with Gasteiger partial charge in [-0.1, -0.05) is 24.3 Å². The minimum absolute atomic E-state index is 0.0453. The molecule has 1 aliphatic rings. The molecular formula is C17H20N2OS. The topological polar surface area (TPSA) is 55.1 Å². The summed E-state index contributed by atoms with van der Waals surface area (Å²) in [5.41, 5.74) is 9.46. The van der Waals surface area contributed by atoms with Crippen LogP contribution in [0.15, 0.2) is 30.3 Å². The van der Waals surface area contributed by atoms with Crippen molar-refractivity contribution in [1.29, 1.82) is 0 Å². The van der Waals surface area contributed by atoms with Crippen molar-refractivity contribution in [3.05, 3.63) is 46.3 Å². The van der Waals surface area contributed by atoms with E-state index in [1.807, 2.05) is 0 Å². The summed E-state index contributed by atoms with van der Waals surface area (Å²) in [5.74, 6) is 0.0453. The van der Waals surface area contributed by atoms with Crippen molar-refractivity contribution in [3.8, 4) is 10.4 Å². The van der Waals surface area contributed by atoms with Crippen LogP contribution < -0.4 is 11.1 Å². The number of nitrogens with one attached hydrogen (secondary N) is 1. The van der Waals surface area contributed by atoms with Gasteiger partial charge in [-0.15, -0.1) is 11.3 Å². The first-order valence-electron chi connectivity index (χ1n) is 7.49. The second kappa shape index (κ2) is 6.41. The third-order valence-corrected chi connectivity index (χ3v) is 5.08. The van der Waals surface area contributed by atoms with E-state index < -0.39 is 0 Å². The molecule has 3 rings (SSSR count). The number of fused-ring (bicyclic) bond motifs is 3. The first-order valence-corrected chi connectivity index (χ1v) is 8.30. The van der Waals surface area contributed by atoms with Crippen LogP contribution in [0, 0.1) is 0 Å². The highest BCUT2D eigenvalue weighted by atomic mass is 32.1. The van der Waals surface area contributed by atoms with Crippen LogP contribution in [0.5, 0.6) is 0 Å². The summed E-state index contributed by atoms with van der Waals surface area (Å²) in [6.07, 6.45) is 3.99. The summed E-state index contributed by atoms with van der Waals surface area (Å²) >= 11 is 1.61. The smallest absolute Gasteiger partial charge is 0.261 e. The van der Waals surface area contributed by atoms with Crippen molar-refractivity contribution in [1.82, 2.24) is 5.32 Å². The number of aryl methyl sites for hydroxylation is 2. The third kappa shape index (κ3) is 3.01. The zero-order valence-corrected chi connectivity index (χ0v) is 12.8. The Balaban J connectivity index is 1.76. The summed E-state index contributed by atoms with van der Waals surface area (Å²) < 4.78 is 0. The summed E-state index contributed by atoms with van der Waals surface area (Å²) in [5, 5.41) is 2.98. The molecule has 2 aromatic rings. The van der Waals surface area contributed by atoms with E-state index >= 15 is 0 Å². The Morgan fingerprint density at radius 1 is 1.19 bits per heavy atom. The van der Waals surface area contributed by atoms with E-state index in [9.17, 15) is 4.79 Å². The van der Waals surface area contributed by atoms with Gasteiger partial charge in [-0.3, -0.25) is 4.79 Å². The minimum atomic E-state index is 0.0453. The SMILES string of the molecule is NCCCCNC(=O)c1cc2c(s1)-c1ccccc1CC2. The highest BCUT2D eigenvalue weighted by molar-refractivity contribution is 7.17. The zero-order valence-electron chi connectivity index (χ0n) is 12.0. The van der Waals surface area contributed by atoms with E-state index in [1.165, 1.54) is 21.6 Å². The lowest BCUT2D eigenvalue weighted by atomic mass is 9.91. The van der Waals surface area contributed by atoms with Crippen LogP contribution in [0.25, 0.3) is 10.4 Å². The Kier molecular flexibility index (Phi) is 4.36. The van der Waals surface area contributed by atoms with Crippen LogP contribution in [0.1, 0.15) is 33.6 Å². The van der Waals surface area contributed by atoms with Gasteiger partial charge in [-0.05, 0) is 55.0 Å². The van der Waals surface area contributed by atoms with Crippen molar-refractivity contribution >= 4 is 17.2 Å². The van der Waals surface area contributed by atoms with Gasteiger partial charge in [-0.25, -0.2) is 0 Å². The number of hydrogen-bond donors (Lipinski definition) is 2. The first-order chi connectivity index (χ1) is 10.3. The second-order valence-corrected chi connectivity index (χ2v) is 6.43. The van der Waals surface area contributed by atoms with Gasteiger partial charge in [0.05, 0.1) is 4.88 Å². The maximum atomic E-state index is 12.2. The molecule has 1 aliphatic carbocycles. The monoisotopic (exact) mass is 300 g/mol. The van der Waals surface area contributed by atoms with E-state index in [-0.39, 0.29) is 5.91 Å². The molecule has 4 heteroatoms. The molecule has 21 heavy (non-hydrogen) atoms. The maximum absolute atomic E-state index is 12.2. The Morgan fingerprint density at radius 3 is 2.86 bits per heavy atom. The first kappa shape index (κ1) is 14.3. The number of benzene rings is 1. The standard InChI is InChI=1S/C17H20N2OS/c18-9-3-4-10-19-17(20)15-11-13-8-7-12-5-1-2-6-14(12)16(13)21-15/h1-2,5-6,11H,3-4,7-10,18H2,(H,19,20). The maximum Gasteiger partial charge on any atom is 0.261 e. The molecule has 0 bridgehead atoms. The summed E-state index contributed by atoms with van der Waals surface area (Å²) in [7, 11) is 0. The van der Waals surface area contributed by atoms with E-state index in [1.54, 1.807) is 11.3 Å². The van der Waals surface area contributed by atoms with Gasteiger partial charge in [0.1, 0.15) is 0 Å². The van der Waals surface area contributed by atoms with Gasteiger partial charge >= 0.3 is 0 Å². The lowest BCUT2D eigenvalue weighted by Gasteiger charge is -2.15. The molecule has 110 valence electrons. The zero-order chi connectivity index (χ0) is 14.7. The minimum Gasteiger partial charge on any atom is -0.351 e. The van der Waals surface area contributed by atoms with E-state index in [4.69, 9.17) is 5.73 Å². The molecule has 0 spiro atoms. The molecule has 0 aliphatic heterocycles. The van der Waals surface area contributed by atoms with Crippen LogP contribution in [0.2, 0.25) is 0 Å². The molecular weight excluding hydrogens is 280 g/mol. The lowest BCUT2D eigenvalue weighted by molar-refractivity contribution is 0.0957. The highest BCUT2D eigenvalue weighted by Gasteiger charge is 2.20. The molecule has 1 aromatic carbocycles. The molecule has 0 radical (unpaired) electrons. The number of carbonyl (C=O) groups is 1. The molecule has 1 aromatic heterocycles. The largest absolute Gasteiger partial charge is 0.351 e. The lowest BCUT2D eigenvalue weighted by Crippen LogP contribution is -2.24. The predicted octanol–water partition coefficient (Wildman–Crippen LogP) is 2.98. The summed E-state index contributed by atoms with van der Waals surface area (Å²) in [6, 6.07) is 10.6. The third-order valence-electron chi connectivity index (χ3n) is 3.87. The van der Waals surface area contributed by atoms with Crippen molar-refractivity contribution in [2.24, 2.45) is 5.73 Å². The fourth-order valence-electron chi connectivity index (χ4n) is 2.74. The number of carbonyl (C=O) groups excluding carboxylic acids is 1. The molecule has 0 fully saturated rings. The number of nitrogens with two attached hydrogens (primary N) is 1.